The molecule has 0 spiro atoms. The van der Waals surface area contributed by atoms with Gasteiger partial charge in [0.15, 0.2) is 0 Å². The molecule has 2 aromatic carbocycles. The normalized spacial score (nSPS) is 10.4. The molecule has 1 N–H and O–H groups in total. The SMILES string of the molecule is Cc1ccc(CNC(=O)CSCc2cccc(Br)c2)cc1. The molecule has 21 heavy (non-hydrogen) atoms. The zero-order valence-corrected chi connectivity index (χ0v) is 14.3. The second-order valence-electron chi connectivity index (χ2n) is 4.89. The molecule has 0 saturated heterocycles. The summed E-state index contributed by atoms with van der Waals surface area (Å²) in [5, 5.41) is 2.95. The lowest BCUT2D eigenvalue weighted by atomic mass is 10.1. The quantitative estimate of drug-likeness (QED) is 0.828. The van der Waals surface area contributed by atoms with Crippen molar-refractivity contribution in [3.8, 4) is 0 Å². The molecule has 0 saturated carbocycles. The Bertz CT molecular complexity index is 598. The molecule has 0 unspecified atom stereocenters. The Morgan fingerprint density at radius 3 is 2.62 bits per heavy atom. The van der Waals surface area contributed by atoms with E-state index in [4.69, 9.17) is 0 Å². The van der Waals surface area contributed by atoms with Crippen molar-refractivity contribution in [2.75, 3.05) is 5.75 Å². The summed E-state index contributed by atoms with van der Waals surface area (Å²) in [6, 6.07) is 16.4. The van der Waals surface area contributed by atoms with Gasteiger partial charge in [-0.3, -0.25) is 4.79 Å². The van der Waals surface area contributed by atoms with Crippen molar-refractivity contribution in [2.45, 2.75) is 19.2 Å². The summed E-state index contributed by atoms with van der Waals surface area (Å²) >= 11 is 5.08. The number of amides is 1. The van der Waals surface area contributed by atoms with Gasteiger partial charge >= 0.3 is 0 Å². The highest BCUT2D eigenvalue weighted by molar-refractivity contribution is 9.10. The summed E-state index contributed by atoms with van der Waals surface area (Å²) in [6.07, 6.45) is 0. The lowest BCUT2D eigenvalue weighted by Gasteiger charge is -2.06. The Labute approximate surface area is 138 Å². The highest BCUT2D eigenvalue weighted by Crippen LogP contribution is 2.16. The van der Waals surface area contributed by atoms with Crippen LogP contribution in [0.3, 0.4) is 0 Å². The van der Waals surface area contributed by atoms with Gasteiger partial charge in [-0.1, -0.05) is 57.9 Å². The third kappa shape index (κ3) is 5.94. The number of carbonyl (C=O) groups is 1. The van der Waals surface area contributed by atoms with Gasteiger partial charge in [-0.2, -0.15) is 0 Å². The first kappa shape index (κ1) is 16.1. The minimum absolute atomic E-state index is 0.0792. The number of benzene rings is 2. The van der Waals surface area contributed by atoms with Crippen LogP contribution >= 0.6 is 27.7 Å². The Hall–Kier alpha value is -1.26. The topological polar surface area (TPSA) is 29.1 Å². The minimum atomic E-state index is 0.0792. The number of thioether (sulfide) groups is 1. The van der Waals surface area contributed by atoms with Crippen molar-refractivity contribution >= 4 is 33.6 Å². The Morgan fingerprint density at radius 1 is 1.14 bits per heavy atom. The van der Waals surface area contributed by atoms with Gasteiger partial charge < -0.3 is 5.32 Å². The van der Waals surface area contributed by atoms with E-state index in [1.165, 1.54) is 11.1 Å². The van der Waals surface area contributed by atoms with Gasteiger partial charge in [0.2, 0.25) is 5.91 Å². The maximum atomic E-state index is 11.8. The zero-order chi connectivity index (χ0) is 15.1. The van der Waals surface area contributed by atoms with Crippen molar-refractivity contribution < 1.29 is 4.79 Å². The molecular weight excluding hydrogens is 346 g/mol. The first-order valence-electron chi connectivity index (χ1n) is 6.78. The van der Waals surface area contributed by atoms with Gasteiger partial charge in [-0.15, -0.1) is 11.8 Å². The number of hydrogen-bond acceptors (Lipinski definition) is 2. The number of aryl methyl sites for hydroxylation is 1. The van der Waals surface area contributed by atoms with Crippen LogP contribution in [-0.2, 0) is 17.1 Å². The van der Waals surface area contributed by atoms with E-state index in [1.54, 1.807) is 11.8 Å². The number of halogens is 1. The van der Waals surface area contributed by atoms with Crippen molar-refractivity contribution in [1.82, 2.24) is 5.32 Å². The van der Waals surface area contributed by atoms with Crippen LogP contribution in [0.1, 0.15) is 16.7 Å². The van der Waals surface area contributed by atoms with Gasteiger partial charge in [0.25, 0.3) is 0 Å². The smallest absolute Gasteiger partial charge is 0.230 e. The average molecular weight is 364 g/mol. The van der Waals surface area contributed by atoms with E-state index in [0.717, 1.165) is 15.8 Å². The predicted molar refractivity (Wildman–Crippen MR) is 93.3 cm³/mol. The molecule has 0 aliphatic heterocycles. The summed E-state index contributed by atoms with van der Waals surface area (Å²) in [4.78, 5) is 11.8. The summed E-state index contributed by atoms with van der Waals surface area (Å²) in [7, 11) is 0. The van der Waals surface area contributed by atoms with E-state index in [-0.39, 0.29) is 5.91 Å². The molecule has 4 heteroatoms. The molecule has 0 atom stereocenters. The van der Waals surface area contributed by atoms with Gasteiger partial charge in [0.1, 0.15) is 0 Å². The highest BCUT2D eigenvalue weighted by atomic mass is 79.9. The van der Waals surface area contributed by atoms with E-state index in [0.29, 0.717) is 12.3 Å². The van der Waals surface area contributed by atoms with Crippen LogP contribution in [0.5, 0.6) is 0 Å². The number of hydrogen-bond donors (Lipinski definition) is 1. The number of rotatable bonds is 6. The van der Waals surface area contributed by atoms with E-state index >= 15 is 0 Å². The second-order valence-corrected chi connectivity index (χ2v) is 6.79. The molecule has 0 aliphatic carbocycles. The van der Waals surface area contributed by atoms with Crippen LogP contribution in [0, 0.1) is 6.92 Å². The first-order chi connectivity index (χ1) is 10.1. The minimum Gasteiger partial charge on any atom is -0.351 e. The van der Waals surface area contributed by atoms with Crippen LogP contribution < -0.4 is 5.32 Å². The van der Waals surface area contributed by atoms with Crippen LogP contribution in [0.2, 0.25) is 0 Å². The monoisotopic (exact) mass is 363 g/mol. The van der Waals surface area contributed by atoms with Crippen molar-refractivity contribution in [3.63, 3.8) is 0 Å². The maximum Gasteiger partial charge on any atom is 0.230 e. The Morgan fingerprint density at radius 2 is 1.90 bits per heavy atom. The fraction of sp³-hybridized carbons (Fsp3) is 0.235. The van der Waals surface area contributed by atoms with Crippen LogP contribution in [-0.4, -0.2) is 11.7 Å². The number of nitrogens with one attached hydrogen (secondary N) is 1. The molecule has 0 fully saturated rings. The third-order valence-corrected chi connectivity index (χ3v) is 4.50. The highest BCUT2D eigenvalue weighted by Gasteiger charge is 2.02. The summed E-state index contributed by atoms with van der Waals surface area (Å²) < 4.78 is 1.07. The average Bonchev–Trinajstić information content (AvgIpc) is 2.47. The van der Waals surface area contributed by atoms with Gasteiger partial charge in [0, 0.05) is 16.8 Å². The largest absolute Gasteiger partial charge is 0.351 e. The van der Waals surface area contributed by atoms with Crippen molar-refractivity contribution in [1.29, 1.82) is 0 Å². The molecule has 0 heterocycles. The molecule has 0 aromatic heterocycles. The van der Waals surface area contributed by atoms with E-state index in [2.05, 4.69) is 52.4 Å². The van der Waals surface area contributed by atoms with E-state index in [9.17, 15) is 4.79 Å². The Kier molecular flexibility index (Phi) is 6.33. The lowest BCUT2D eigenvalue weighted by Crippen LogP contribution is -2.24. The maximum absolute atomic E-state index is 11.8. The van der Waals surface area contributed by atoms with Gasteiger partial charge in [-0.25, -0.2) is 0 Å². The molecule has 0 bridgehead atoms. The third-order valence-electron chi connectivity index (χ3n) is 3.00. The van der Waals surface area contributed by atoms with Gasteiger partial charge in [0.05, 0.1) is 5.75 Å². The first-order valence-corrected chi connectivity index (χ1v) is 8.73. The van der Waals surface area contributed by atoms with Gasteiger partial charge in [-0.05, 0) is 30.2 Å². The summed E-state index contributed by atoms with van der Waals surface area (Å²) in [5.74, 6) is 1.41. The molecule has 2 nitrogen and oxygen atoms in total. The fourth-order valence-electron chi connectivity index (χ4n) is 1.85. The summed E-state index contributed by atoms with van der Waals surface area (Å²) in [6.45, 7) is 2.65. The van der Waals surface area contributed by atoms with Crippen LogP contribution in [0.25, 0.3) is 0 Å². The van der Waals surface area contributed by atoms with E-state index in [1.807, 2.05) is 24.3 Å². The molecule has 1 amide bonds. The second kappa shape index (κ2) is 8.25. The molecule has 2 aromatic rings. The molecular formula is C17H18BrNOS. The fourth-order valence-corrected chi connectivity index (χ4v) is 3.10. The molecule has 0 aliphatic rings. The Balaban J connectivity index is 1.69. The molecule has 0 radical (unpaired) electrons. The predicted octanol–water partition coefficient (Wildman–Crippen LogP) is 4.31. The van der Waals surface area contributed by atoms with E-state index < -0.39 is 0 Å². The lowest BCUT2D eigenvalue weighted by molar-refractivity contribution is -0.118. The molecule has 2 rings (SSSR count). The molecule has 110 valence electrons. The van der Waals surface area contributed by atoms with Crippen molar-refractivity contribution in [3.05, 3.63) is 69.7 Å². The standard InChI is InChI=1S/C17H18BrNOS/c1-13-5-7-14(8-6-13)10-19-17(20)12-21-11-15-3-2-4-16(18)9-15/h2-9H,10-12H2,1H3,(H,19,20). The number of carbonyl (C=O) groups excluding carboxylic acids is 1. The van der Waals surface area contributed by atoms with Crippen LogP contribution in [0.4, 0.5) is 0 Å². The van der Waals surface area contributed by atoms with Crippen molar-refractivity contribution in [2.24, 2.45) is 0 Å². The summed E-state index contributed by atoms with van der Waals surface area (Å²) in [5.41, 5.74) is 3.58. The van der Waals surface area contributed by atoms with Crippen LogP contribution in [0.15, 0.2) is 53.0 Å². The zero-order valence-electron chi connectivity index (χ0n) is 11.9.